The van der Waals surface area contributed by atoms with Gasteiger partial charge in [-0.2, -0.15) is 0 Å². The Hall–Kier alpha value is -1.09. The molecule has 0 aliphatic carbocycles. The summed E-state index contributed by atoms with van der Waals surface area (Å²) in [6.45, 7) is 2.01. The van der Waals surface area contributed by atoms with Crippen LogP contribution in [-0.4, -0.2) is 11.3 Å². The molecule has 1 aromatic carbocycles. The fraction of sp³-hybridized carbons (Fsp3) is 0.273. The van der Waals surface area contributed by atoms with Gasteiger partial charge in [-0.1, -0.05) is 31.2 Å². The van der Waals surface area contributed by atoms with Crippen LogP contribution in [0, 0.1) is 0 Å². The van der Waals surface area contributed by atoms with Crippen molar-refractivity contribution in [3.63, 3.8) is 0 Å². The average molecular weight is 209 g/mol. The van der Waals surface area contributed by atoms with Crippen LogP contribution < -0.4 is 0 Å². The van der Waals surface area contributed by atoms with Gasteiger partial charge in [-0.15, -0.1) is 0 Å². The second kappa shape index (κ2) is 4.96. The minimum Gasteiger partial charge on any atom is -0.240 e. The van der Waals surface area contributed by atoms with Crippen LogP contribution in [0.25, 0.3) is 0 Å². The predicted octanol–water partition coefficient (Wildman–Crippen LogP) is 3.07. The summed E-state index contributed by atoms with van der Waals surface area (Å²) in [5.74, 6) is 0. The molecule has 0 aromatic heterocycles. The largest absolute Gasteiger partial charge is 0.240 e. The Kier molecular flexibility index (Phi) is 3.89. The molecule has 0 fully saturated rings. The molecule has 0 N–H and O–H groups in total. The molecule has 1 atom stereocenters. The lowest BCUT2D eigenvalue weighted by Crippen LogP contribution is -1.95. The van der Waals surface area contributed by atoms with Crippen molar-refractivity contribution >= 4 is 9.73 Å². The number of benzene rings is 1. The third-order valence-corrected chi connectivity index (χ3v) is 3.92. The van der Waals surface area contributed by atoms with E-state index >= 15 is 0 Å². The fourth-order valence-corrected chi connectivity index (χ4v) is 2.58. The summed E-state index contributed by atoms with van der Waals surface area (Å²) in [7, 11) is -0.731. The van der Waals surface area contributed by atoms with Crippen molar-refractivity contribution in [1.82, 2.24) is 0 Å². The molecule has 1 rings (SSSR count). The molecule has 0 radical (unpaired) electrons. The predicted molar refractivity (Wildman–Crippen MR) is 60.6 cm³/mol. The number of allylic oxidation sites excluding steroid dienone is 1. The van der Waals surface area contributed by atoms with E-state index in [4.69, 9.17) is 0 Å². The molecule has 3 heteroatoms. The van der Waals surface area contributed by atoms with E-state index in [1.807, 2.05) is 43.3 Å². The van der Waals surface area contributed by atoms with Gasteiger partial charge in [-0.05, 0) is 18.6 Å². The van der Waals surface area contributed by atoms with Gasteiger partial charge in [0.05, 0.1) is 14.6 Å². The first-order valence-electron chi connectivity index (χ1n) is 4.60. The van der Waals surface area contributed by atoms with Crippen molar-refractivity contribution in [1.29, 1.82) is 0 Å². The Morgan fingerprint density at radius 2 is 2.00 bits per heavy atom. The standard InChI is InChI=1S/C11H15NOS/c1-3-4-10-14(13,12-2)11-8-6-5-7-9-11/h4-10H,3H2,1-2H3/b10-4+. The maximum absolute atomic E-state index is 12.3. The highest BCUT2D eigenvalue weighted by Crippen LogP contribution is 2.14. The summed E-state index contributed by atoms with van der Waals surface area (Å²) in [6, 6.07) is 9.34. The highest BCUT2D eigenvalue weighted by Gasteiger charge is 2.05. The molecule has 0 aliphatic rings. The first kappa shape index (κ1) is 11.0. The second-order valence-corrected chi connectivity index (χ2v) is 5.09. The normalized spacial score (nSPS) is 15.3. The molecule has 1 unspecified atom stereocenters. The van der Waals surface area contributed by atoms with Crippen LogP contribution in [0.5, 0.6) is 0 Å². The minimum atomic E-state index is -2.32. The van der Waals surface area contributed by atoms with Gasteiger partial charge in [0.2, 0.25) is 0 Å². The van der Waals surface area contributed by atoms with Gasteiger partial charge in [-0.25, -0.2) is 8.57 Å². The molecule has 0 bridgehead atoms. The molecule has 0 aliphatic heterocycles. The van der Waals surface area contributed by atoms with Crippen molar-refractivity contribution in [3.05, 3.63) is 41.8 Å². The zero-order valence-electron chi connectivity index (χ0n) is 8.51. The quantitative estimate of drug-likeness (QED) is 0.752. The third kappa shape index (κ3) is 2.45. The lowest BCUT2D eigenvalue weighted by atomic mass is 10.4. The van der Waals surface area contributed by atoms with Crippen LogP contribution in [0.1, 0.15) is 13.3 Å². The van der Waals surface area contributed by atoms with Crippen molar-refractivity contribution in [2.75, 3.05) is 7.05 Å². The van der Waals surface area contributed by atoms with Gasteiger partial charge in [-0.3, -0.25) is 0 Å². The van der Waals surface area contributed by atoms with E-state index < -0.39 is 9.73 Å². The van der Waals surface area contributed by atoms with Gasteiger partial charge in [0.1, 0.15) is 0 Å². The van der Waals surface area contributed by atoms with Crippen LogP contribution in [0.3, 0.4) is 0 Å². The van der Waals surface area contributed by atoms with E-state index in [-0.39, 0.29) is 0 Å². The van der Waals surface area contributed by atoms with E-state index in [1.54, 1.807) is 12.5 Å². The van der Waals surface area contributed by atoms with Gasteiger partial charge >= 0.3 is 0 Å². The van der Waals surface area contributed by atoms with Crippen LogP contribution in [-0.2, 0) is 9.73 Å². The smallest absolute Gasteiger partial charge is 0.0963 e. The average Bonchev–Trinajstić information content (AvgIpc) is 2.27. The van der Waals surface area contributed by atoms with Crippen LogP contribution in [0.2, 0.25) is 0 Å². The summed E-state index contributed by atoms with van der Waals surface area (Å²) < 4.78 is 16.2. The fourth-order valence-electron chi connectivity index (χ4n) is 1.09. The monoisotopic (exact) mass is 209 g/mol. The maximum Gasteiger partial charge on any atom is 0.0963 e. The first-order chi connectivity index (χ1) is 6.73. The summed E-state index contributed by atoms with van der Waals surface area (Å²) >= 11 is 0. The molecule has 2 nitrogen and oxygen atoms in total. The highest BCUT2D eigenvalue weighted by molar-refractivity contribution is 7.96. The first-order valence-corrected chi connectivity index (χ1v) is 6.17. The van der Waals surface area contributed by atoms with Crippen LogP contribution in [0.15, 0.2) is 51.1 Å². The van der Waals surface area contributed by atoms with Crippen molar-refractivity contribution in [2.45, 2.75) is 18.2 Å². The van der Waals surface area contributed by atoms with Crippen molar-refractivity contribution < 1.29 is 4.21 Å². The Labute approximate surface area is 85.8 Å². The van der Waals surface area contributed by atoms with E-state index in [2.05, 4.69) is 4.36 Å². The minimum absolute atomic E-state index is 0.771. The van der Waals surface area contributed by atoms with Crippen molar-refractivity contribution in [3.8, 4) is 0 Å². The van der Waals surface area contributed by atoms with Crippen LogP contribution >= 0.6 is 0 Å². The van der Waals surface area contributed by atoms with Gasteiger partial charge in [0.15, 0.2) is 0 Å². The summed E-state index contributed by atoms with van der Waals surface area (Å²) in [6.07, 6.45) is 2.77. The van der Waals surface area contributed by atoms with Gasteiger partial charge < -0.3 is 0 Å². The third-order valence-electron chi connectivity index (χ3n) is 1.87. The van der Waals surface area contributed by atoms with E-state index in [0.29, 0.717) is 0 Å². The molecule has 76 valence electrons. The Morgan fingerprint density at radius 3 is 2.50 bits per heavy atom. The zero-order valence-corrected chi connectivity index (χ0v) is 9.33. The van der Waals surface area contributed by atoms with Crippen molar-refractivity contribution in [2.24, 2.45) is 4.36 Å². The molecule has 0 heterocycles. The van der Waals surface area contributed by atoms with E-state index in [1.165, 1.54) is 0 Å². The van der Waals surface area contributed by atoms with E-state index in [9.17, 15) is 4.21 Å². The number of hydrogen-bond donors (Lipinski definition) is 0. The Morgan fingerprint density at radius 1 is 1.36 bits per heavy atom. The molecule has 14 heavy (non-hydrogen) atoms. The molecule has 0 saturated carbocycles. The highest BCUT2D eigenvalue weighted by atomic mass is 32.2. The number of nitrogens with zero attached hydrogens (tertiary/aromatic N) is 1. The number of rotatable bonds is 3. The summed E-state index contributed by atoms with van der Waals surface area (Å²) in [4.78, 5) is 0.771. The summed E-state index contributed by atoms with van der Waals surface area (Å²) in [5, 5.41) is 1.70. The topological polar surface area (TPSA) is 29.4 Å². The molecule has 0 saturated heterocycles. The maximum atomic E-state index is 12.3. The molecule has 0 amide bonds. The molecule has 0 spiro atoms. The molecule has 1 aromatic rings. The Bertz CT molecular complexity index is 414. The lowest BCUT2D eigenvalue weighted by Gasteiger charge is -2.03. The van der Waals surface area contributed by atoms with E-state index in [0.717, 1.165) is 11.3 Å². The Balaban J connectivity index is 3.18. The molecular weight excluding hydrogens is 194 g/mol. The summed E-state index contributed by atoms with van der Waals surface area (Å²) in [5.41, 5.74) is 0. The SMILES string of the molecule is CC/C=C/S(=O)(=NC)c1ccccc1. The molecular formula is C11H15NOS. The number of hydrogen-bond acceptors (Lipinski definition) is 2. The lowest BCUT2D eigenvalue weighted by molar-refractivity contribution is 0.682. The van der Waals surface area contributed by atoms with Gasteiger partial charge in [0.25, 0.3) is 0 Å². The van der Waals surface area contributed by atoms with Crippen LogP contribution in [0.4, 0.5) is 0 Å². The van der Waals surface area contributed by atoms with Gasteiger partial charge in [0, 0.05) is 12.5 Å². The zero-order chi connectivity index (χ0) is 10.4. The second-order valence-electron chi connectivity index (χ2n) is 2.84.